The maximum atomic E-state index is 13.9. The monoisotopic (exact) mass is 461 g/mol. The van der Waals surface area contributed by atoms with Crippen LogP contribution in [0.1, 0.15) is 48.7 Å². The van der Waals surface area contributed by atoms with Gasteiger partial charge in [0, 0.05) is 24.0 Å². The van der Waals surface area contributed by atoms with Gasteiger partial charge in [0.15, 0.2) is 0 Å². The number of rotatable bonds is 6. The minimum Gasteiger partial charge on any atom is -0.497 e. The van der Waals surface area contributed by atoms with Crippen LogP contribution >= 0.6 is 0 Å². The molecule has 1 aromatic heterocycles. The molecule has 1 atom stereocenters. The highest BCUT2D eigenvalue weighted by atomic mass is 16.5. The van der Waals surface area contributed by atoms with E-state index in [1.165, 1.54) is 0 Å². The number of carbonyl (C=O) groups excluding carboxylic acids is 2. The van der Waals surface area contributed by atoms with Gasteiger partial charge in [-0.2, -0.15) is 0 Å². The molecule has 34 heavy (non-hydrogen) atoms. The molecule has 1 fully saturated rings. The van der Waals surface area contributed by atoms with Gasteiger partial charge in [0.05, 0.1) is 26.3 Å². The van der Waals surface area contributed by atoms with E-state index in [-0.39, 0.29) is 17.9 Å². The second kappa shape index (κ2) is 8.70. The molecule has 5 rings (SSSR count). The minimum atomic E-state index is -1.04. The Morgan fingerprint density at radius 3 is 2.38 bits per heavy atom. The van der Waals surface area contributed by atoms with Crippen LogP contribution in [0.5, 0.6) is 11.5 Å². The summed E-state index contributed by atoms with van der Waals surface area (Å²) in [5.41, 5.74) is 1.39. The van der Waals surface area contributed by atoms with Crippen LogP contribution in [0.15, 0.2) is 48.5 Å². The number of nitrogens with zero attached hydrogens (tertiary/aromatic N) is 2. The van der Waals surface area contributed by atoms with Gasteiger partial charge in [-0.1, -0.05) is 25.0 Å². The fourth-order valence-electron chi connectivity index (χ4n) is 5.23. The molecule has 1 aliphatic carbocycles. The van der Waals surface area contributed by atoms with Gasteiger partial charge in [0.1, 0.15) is 22.7 Å². The summed E-state index contributed by atoms with van der Waals surface area (Å²) >= 11 is 0. The van der Waals surface area contributed by atoms with E-state index in [4.69, 9.17) is 9.47 Å². The van der Waals surface area contributed by atoms with Crippen LogP contribution in [0.25, 0.3) is 10.9 Å². The first-order valence-electron chi connectivity index (χ1n) is 11.9. The third-order valence-electron chi connectivity index (χ3n) is 7.32. The van der Waals surface area contributed by atoms with Crippen LogP contribution in [0.3, 0.4) is 0 Å². The van der Waals surface area contributed by atoms with Crippen molar-refractivity contribution in [2.45, 2.75) is 57.3 Å². The van der Waals surface area contributed by atoms with E-state index in [0.717, 1.165) is 53.6 Å². The topological polar surface area (TPSA) is 72.8 Å². The zero-order chi connectivity index (χ0) is 23.9. The smallest absolute Gasteiger partial charge is 0.271 e. The van der Waals surface area contributed by atoms with Gasteiger partial charge in [-0.05, 0) is 55.7 Å². The SMILES string of the molecule is COc1ccc(CN2C(=O)c3cc4ccc(OC)cc4n3C[C@]2(C)C(=O)NC2CCCC2)cc1. The van der Waals surface area contributed by atoms with Crippen LogP contribution in [-0.4, -0.2) is 47.1 Å². The Morgan fingerprint density at radius 1 is 1.03 bits per heavy atom. The van der Waals surface area contributed by atoms with Crippen molar-refractivity contribution in [1.82, 2.24) is 14.8 Å². The molecule has 2 aromatic carbocycles. The van der Waals surface area contributed by atoms with E-state index in [0.29, 0.717) is 18.8 Å². The lowest BCUT2D eigenvalue weighted by Gasteiger charge is -2.44. The summed E-state index contributed by atoms with van der Waals surface area (Å²) in [7, 11) is 3.25. The molecule has 7 heteroatoms. The van der Waals surface area contributed by atoms with Crippen molar-refractivity contribution in [1.29, 1.82) is 0 Å². The number of benzene rings is 2. The van der Waals surface area contributed by atoms with Crippen molar-refractivity contribution in [2.75, 3.05) is 14.2 Å². The summed E-state index contributed by atoms with van der Waals surface area (Å²) in [4.78, 5) is 29.4. The molecular weight excluding hydrogens is 430 g/mol. The maximum absolute atomic E-state index is 13.9. The number of aromatic nitrogens is 1. The van der Waals surface area contributed by atoms with Crippen molar-refractivity contribution in [3.63, 3.8) is 0 Å². The first-order chi connectivity index (χ1) is 16.4. The summed E-state index contributed by atoms with van der Waals surface area (Å²) in [5, 5.41) is 4.20. The first kappa shape index (κ1) is 22.3. The molecule has 1 saturated carbocycles. The summed E-state index contributed by atoms with van der Waals surface area (Å²) in [6, 6.07) is 15.5. The summed E-state index contributed by atoms with van der Waals surface area (Å²) < 4.78 is 12.7. The quantitative estimate of drug-likeness (QED) is 0.599. The zero-order valence-corrected chi connectivity index (χ0v) is 20.0. The molecule has 7 nitrogen and oxygen atoms in total. The predicted octanol–water partition coefficient (Wildman–Crippen LogP) is 4.13. The minimum absolute atomic E-state index is 0.100. The van der Waals surface area contributed by atoms with Crippen molar-refractivity contribution >= 4 is 22.7 Å². The number of hydrogen-bond donors (Lipinski definition) is 1. The number of carbonyl (C=O) groups is 2. The lowest BCUT2D eigenvalue weighted by atomic mass is 9.93. The number of fused-ring (bicyclic) bond motifs is 3. The molecule has 3 aromatic rings. The van der Waals surface area contributed by atoms with Gasteiger partial charge in [0.2, 0.25) is 5.91 Å². The number of nitrogens with one attached hydrogen (secondary N) is 1. The van der Waals surface area contributed by atoms with E-state index in [1.54, 1.807) is 19.1 Å². The van der Waals surface area contributed by atoms with Crippen molar-refractivity contribution in [3.05, 3.63) is 59.8 Å². The maximum Gasteiger partial charge on any atom is 0.271 e. The van der Waals surface area contributed by atoms with Crippen molar-refractivity contribution in [3.8, 4) is 11.5 Å². The second-order valence-corrected chi connectivity index (χ2v) is 9.51. The highest BCUT2D eigenvalue weighted by molar-refractivity contribution is 6.03. The molecule has 0 unspecified atom stereocenters. The molecular formula is C27H31N3O4. The number of hydrogen-bond acceptors (Lipinski definition) is 4. The molecule has 0 saturated heterocycles. The molecule has 1 aliphatic heterocycles. The zero-order valence-electron chi connectivity index (χ0n) is 20.0. The normalized spacial score (nSPS) is 20.4. The molecule has 0 bridgehead atoms. The fraction of sp³-hybridized carbons (Fsp3) is 0.407. The Labute approximate surface area is 199 Å². The standard InChI is InChI=1S/C27H31N3O4/c1-27(26(32)28-20-6-4-5-7-20)17-29-23-15-22(34-3)13-10-19(23)14-24(29)25(31)30(27)16-18-8-11-21(33-2)12-9-18/h8-15,20H,4-7,16-17H2,1-3H3,(H,28,32)/t27-/m1/s1. The van der Waals surface area contributed by atoms with Crippen LogP contribution in [-0.2, 0) is 17.9 Å². The molecule has 178 valence electrons. The van der Waals surface area contributed by atoms with E-state index in [1.807, 2.05) is 60.0 Å². The number of amides is 2. The average Bonchev–Trinajstić information content (AvgIpc) is 3.49. The van der Waals surface area contributed by atoms with Crippen molar-refractivity contribution in [2.24, 2.45) is 0 Å². The Morgan fingerprint density at radius 2 is 1.71 bits per heavy atom. The van der Waals surface area contributed by atoms with E-state index >= 15 is 0 Å². The summed E-state index contributed by atoms with van der Waals surface area (Å²) in [5.74, 6) is 1.22. The highest BCUT2D eigenvalue weighted by Crippen LogP contribution is 2.35. The van der Waals surface area contributed by atoms with E-state index in [2.05, 4.69) is 5.32 Å². The van der Waals surface area contributed by atoms with Crippen LogP contribution in [0, 0.1) is 0 Å². The van der Waals surface area contributed by atoms with Crippen LogP contribution in [0.4, 0.5) is 0 Å². The third-order valence-corrected chi connectivity index (χ3v) is 7.32. The fourth-order valence-corrected chi connectivity index (χ4v) is 5.23. The Balaban J connectivity index is 1.56. The molecule has 2 amide bonds. The van der Waals surface area contributed by atoms with Gasteiger partial charge in [0.25, 0.3) is 5.91 Å². The lowest BCUT2D eigenvalue weighted by molar-refractivity contribution is -0.133. The van der Waals surface area contributed by atoms with Crippen LogP contribution in [0.2, 0.25) is 0 Å². The van der Waals surface area contributed by atoms with Gasteiger partial charge in [-0.15, -0.1) is 0 Å². The highest BCUT2D eigenvalue weighted by Gasteiger charge is 2.48. The Kier molecular flexibility index (Phi) is 5.71. The molecule has 1 N–H and O–H groups in total. The van der Waals surface area contributed by atoms with E-state index in [9.17, 15) is 9.59 Å². The summed E-state index contributed by atoms with van der Waals surface area (Å²) in [6.07, 6.45) is 4.23. The first-order valence-corrected chi connectivity index (χ1v) is 11.9. The van der Waals surface area contributed by atoms with Gasteiger partial charge < -0.3 is 24.3 Å². The number of ether oxygens (including phenoxy) is 2. The largest absolute Gasteiger partial charge is 0.497 e. The van der Waals surface area contributed by atoms with Gasteiger partial charge >= 0.3 is 0 Å². The van der Waals surface area contributed by atoms with E-state index < -0.39 is 5.54 Å². The molecule has 0 spiro atoms. The Bertz CT molecular complexity index is 1230. The van der Waals surface area contributed by atoms with Crippen LogP contribution < -0.4 is 14.8 Å². The van der Waals surface area contributed by atoms with Gasteiger partial charge in [-0.25, -0.2) is 0 Å². The van der Waals surface area contributed by atoms with Gasteiger partial charge in [-0.3, -0.25) is 9.59 Å². The molecule has 2 heterocycles. The Hall–Kier alpha value is -3.48. The lowest BCUT2D eigenvalue weighted by Crippen LogP contribution is -2.64. The number of methoxy groups -OCH3 is 2. The molecule has 2 aliphatic rings. The predicted molar refractivity (Wildman–Crippen MR) is 130 cm³/mol. The average molecular weight is 462 g/mol. The summed E-state index contributed by atoms with van der Waals surface area (Å²) in [6.45, 7) is 2.59. The second-order valence-electron chi connectivity index (χ2n) is 9.51. The van der Waals surface area contributed by atoms with Crippen molar-refractivity contribution < 1.29 is 19.1 Å². The third kappa shape index (κ3) is 3.79. The molecule has 0 radical (unpaired) electrons.